The van der Waals surface area contributed by atoms with Crippen LogP contribution in [0, 0.1) is 31.4 Å². The minimum absolute atomic E-state index is 0.0102. The first kappa shape index (κ1) is 42.0. The first-order valence-electron chi connectivity index (χ1n) is 22.7. The fourth-order valence-electron chi connectivity index (χ4n) is 11.7. The number of nitrogens with one attached hydrogen (secondary N) is 1. The SMILES string of the molecule is Cc1cc(-n2nc3c(c2-n2ccn(-c4ccc5c(cnn5C)c4F)c2=O)[C@@H]2CC[C@H](C3)N2S(=O)(=O)c2cc3cc([C@H]4CCOC(C)(C)C4)ccc3n2[C@@]2(c3noc(=O)[nH]3)C[C@@H]2C)cc(C)c1F. The van der Waals surface area contributed by atoms with Gasteiger partial charge in [-0.15, -0.1) is 0 Å². The molecular weight excluding hydrogens is 883 g/mol. The second-order valence-corrected chi connectivity index (χ2v) is 21.4. The summed E-state index contributed by atoms with van der Waals surface area (Å²) in [5.74, 6) is -1.14. The van der Waals surface area contributed by atoms with E-state index in [0.717, 1.165) is 23.8 Å². The van der Waals surface area contributed by atoms with Gasteiger partial charge in [-0.05, 0) is 131 Å². The van der Waals surface area contributed by atoms with E-state index in [0.29, 0.717) is 65.0 Å². The van der Waals surface area contributed by atoms with Crippen LogP contribution in [-0.4, -0.2) is 74.4 Å². The summed E-state index contributed by atoms with van der Waals surface area (Å²) in [6, 6.07) is 13.1. The molecule has 8 aromatic rings. The van der Waals surface area contributed by atoms with Gasteiger partial charge in [0.1, 0.15) is 17.2 Å². The number of halogens is 2. The lowest BCUT2D eigenvalue weighted by Crippen LogP contribution is -2.43. The maximum Gasteiger partial charge on any atom is 0.438 e. The number of rotatable bonds is 8. The molecule has 1 aliphatic carbocycles. The molecule has 19 heteroatoms. The zero-order valence-corrected chi connectivity index (χ0v) is 38.6. The lowest BCUT2D eigenvalue weighted by atomic mass is 9.83. The smallest absolute Gasteiger partial charge is 0.376 e. The molecule has 4 aliphatic rings. The Kier molecular flexibility index (Phi) is 8.95. The summed E-state index contributed by atoms with van der Waals surface area (Å²) in [6.45, 7) is 10.1. The number of hydrogen-bond donors (Lipinski definition) is 1. The zero-order chi connectivity index (χ0) is 46.6. The van der Waals surface area contributed by atoms with Crippen LogP contribution in [0.15, 0.2) is 86.3 Å². The first-order chi connectivity index (χ1) is 32.0. The average molecular weight is 931 g/mol. The molecule has 5 atom stereocenters. The van der Waals surface area contributed by atoms with Crippen molar-refractivity contribution < 1.29 is 26.5 Å². The number of sulfonamides is 1. The molecule has 2 saturated heterocycles. The number of aryl methyl sites for hydroxylation is 3. The van der Waals surface area contributed by atoms with Gasteiger partial charge in [-0.2, -0.15) is 14.5 Å². The van der Waals surface area contributed by atoms with Crippen molar-refractivity contribution in [3.8, 4) is 17.2 Å². The van der Waals surface area contributed by atoms with Gasteiger partial charge in [0, 0.05) is 49.5 Å². The van der Waals surface area contributed by atoms with Crippen molar-refractivity contribution in [2.45, 2.75) is 107 Å². The number of imidazole rings is 1. The molecule has 3 fully saturated rings. The number of nitrogens with zero attached hydrogens (tertiary/aromatic N) is 9. The Balaban J connectivity index is 1.04. The molecule has 8 heterocycles. The summed E-state index contributed by atoms with van der Waals surface area (Å²) in [4.78, 5) is 30.0. The second-order valence-electron chi connectivity index (χ2n) is 19.6. The Morgan fingerprint density at radius 3 is 2.37 bits per heavy atom. The Labute approximate surface area is 382 Å². The van der Waals surface area contributed by atoms with Gasteiger partial charge >= 0.3 is 11.4 Å². The van der Waals surface area contributed by atoms with Crippen molar-refractivity contribution in [1.29, 1.82) is 0 Å². The van der Waals surface area contributed by atoms with Gasteiger partial charge < -0.3 is 9.30 Å². The minimum Gasteiger partial charge on any atom is -0.376 e. The highest BCUT2D eigenvalue weighted by atomic mass is 32.2. The number of benzene rings is 3. The summed E-state index contributed by atoms with van der Waals surface area (Å²) < 4.78 is 83.5. The largest absolute Gasteiger partial charge is 0.438 e. The van der Waals surface area contributed by atoms with E-state index < -0.39 is 44.9 Å². The maximum atomic E-state index is 16.2. The Morgan fingerprint density at radius 2 is 1.66 bits per heavy atom. The molecule has 0 unspecified atom stereocenters. The Bertz CT molecular complexity index is 3610. The zero-order valence-electron chi connectivity index (χ0n) is 37.7. The maximum absolute atomic E-state index is 16.2. The topological polar surface area (TPSA) is 173 Å². The molecule has 0 spiro atoms. The fourth-order valence-corrected chi connectivity index (χ4v) is 13.8. The number of aromatic amines is 1. The van der Waals surface area contributed by atoms with Crippen molar-refractivity contribution in [1.82, 2.24) is 47.7 Å². The van der Waals surface area contributed by atoms with Crippen LogP contribution in [0.5, 0.6) is 0 Å². The molecule has 16 nitrogen and oxygen atoms in total. The number of H-pyrrole nitrogens is 1. The number of hydrogen-bond acceptors (Lipinski definition) is 9. The van der Waals surface area contributed by atoms with Crippen LogP contribution in [0.2, 0.25) is 0 Å². The molecule has 12 rings (SSSR count). The molecule has 67 heavy (non-hydrogen) atoms. The summed E-state index contributed by atoms with van der Waals surface area (Å²) >= 11 is 0. The van der Waals surface area contributed by atoms with Crippen molar-refractivity contribution in [3.05, 3.63) is 134 Å². The molecule has 1 saturated carbocycles. The van der Waals surface area contributed by atoms with Gasteiger partial charge in [0.25, 0.3) is 10.0 Å². The molecule has 0 amide bonds. The standard InChI is InChI=1S/C48H48F2N10O6S/c1-25-17-32(18-26(2)41(25)49)59-43(57-15-14-56(46(57)62)38-12-11-36-33(42(38)50)24-51-55(36)6)40-34(53-59)21-31-8-10-37(40)60(31)67(63,64)39-20-30-19-28(29-13-16-65-47(4,5)23-29)7-9-35(30)58(39)48(22-27(48)3)44-52-45(61)66-54-44/h7,9,11-12,14-15,17-20,24,27,29,31,37H,8,10,13,16,21-23H2,1-6H3,(H,52,54,61)/t27-,29-,31+,37-,48-/m0/s1. The number of ether oxygens (including phenoxy) is 1. The summed E-state index contributed by atoms with van der Waals surface area (Å²) in [5.41, 5.74) is 2.71. The van der Waals surface area contributed by atoms with Gasteiger partial charge in [0.15, 0.2) is 16.7 Å². The molecule has 3 aliphatic heterocycles. The Morgan fingerprint density at radius 1 is 0.910 bits per heavy atom. The van der Waals surface area contributed by atoms with E-state index in [2.05, 4.69) is 41.2 Å². The van der Waals surface area contributed by atoms with Crippen LogP contribution in [0.1, 0.15) is 98.6 Å². The van der Waals surface area contributed by atoms with Crippen molar-refractivity contribution in [3.63, 3.8) is 0 Å². The van der Waals surface area contributed by atoms with Crippen LogP contribution in [0.4, 0.5) is 8.78 Å². The van der Waals surface area contributed by atoms with Crippen LogP contribution in [0.25, 0.3) is 39.0 Å². The molecule has 1 N–H and O–H groups in total. The van der Waals surface area contributed by atoms with Gasteiger partial charge in [0.2, 0.25) is 0 Å². The summed E-state index contributed by atoms with van der Waals surface area (Å²) in [5, 5.41) is 14.5. The number of fused-ring (bicyclic) bond motifs is 6. The van der Waals surface area contributed by atoms with E-state index in [1.54, 1.807) is 58.8 Å². The second kappa shape index (κ2) is 14.3. The summed E-state index contributed by atoms with van der Waals surface area (Å²) in [6.07, 6.45) is 7.70. The molecule has 0 radical (unpaired) electrons. The van der Waals surface area contributed by atoms with Gasteiger partial charge in [0.05, 0.1) is 51.3 Å². The first-order valence-corrected chi connectivity index (χ1v) is 24.1. The van der Waals surface area contributed by atoms with Gasteiger partial charge in [-0.3, -0.25) is 23.3 Å². The number of aromatic nitrogens is 9. The van der Waals surface area contributed by atoms with Crippen LogP contribution in [0.3, 0.4) is 0 Å². The third-order valence-corrected chi connectivity index (χ3v) is 16.9. The van der Waals surface area contributed by atoms with Crippen LogP contribution < -0.4 is 11.4 Å². The highest BCUT2D eigenvalue weighted by molar-refractivity contribution is 7.89. The Hall–Kier alpha value is -6.44. The highest BCUT2D eigenvalue weighted by Gasteiger charge is 2.60. The quantitative estimate of drug-likeness (QED) is 0.166. The minimum atomic E-state index is -4.41. The molecule has 2 bridgehead atoms. The molecular formula is C48H48F2N10O6S. The van der Waals surface area contributed by atoms with Gasteiger partial charge in [-0.25, -0.2) is 31.5 Å². The normalized spacial score (nSPS) is 23.7. The molecule has 5 aromatic heterocycles. The van der Waals surface area contributed by atoms with Crippen LogP contribution >= 0.6 is 0 Å². The third kappa shape index (κ3) is 6.05. The van der Waals surface area contributed by atoms with Crippen LogP contribution in [-0.2, 0) is 33.8 Å². The van der Waals surface area contributed by atoms with Crippen molar-refractivity contribution in [2.75, 3.05) is 6.61 Å². The van der Waals surface area contributed by atoms with Crippen molar-refractivity contribution >= 4 is 31.8 Å². The van der Waals surface area contributed by atoms with Crippen molar-refractivity contribution in [2.24, 2.45) is 13.0 Å². The van der Waals surface area contributed by atoms with E-state index in [4.69, 9.17) is 14.4 Å². The van der Waals surface area contributed by atoms with E-state index >= 15 is 17.2 Å². The third-order valence-electron chi connectivity index (χ3n) is 15.0. The fraction of sp³-hybridized carbons (Fsp3) is 0.396. The average Bonchev–Trinajstić information content (AvgIpc) is 4.00. The van der Waals surface area contributed by atoms with E-state index in [1.807, 2.05) is 17.6 Å². The predicted molar refractivity (Wildman–Crippen MR) is 243 cm³/mol. The van der Waals surface area contributed by atoms with E-state index in [9.17, 15) is 9.59 Å². The lowest BCUT2D eigenvalue weighted by Gasteiger charge is -2.35. The van der Waals surface area contributed by atoms with E-state index in [1.165, 1.54) is 33.8 Å². The monoisotopic (exact) mass is 930 g/mol. The van der Waals surface area contributed by atoms with Gasteiger partial charge in [-0.1, -0.05) is 18.1 Å². The highest BCUT2D eigenvalue weighted by Crippen LogP contribution is 2.58. The lowest BCUT2D eigenvalue weighted by molar-refractivity contribution is -0.0592. The predicted octanol–water partition coefficient (Wildman–Crippen LogP) is 7.13. The molecule has 346 valence electrons. The summed E-state index contributed by atoms with van der Waals surface area (Å²) in [7, 11) is -2.71. The van der Waals surface area contributed by atoms with E-state index in [-0.39, 0.29) is 57.4 Å². The molecule has 3 aromatic carbocycles.